The first-order valence-electron chi connectivity index (χ1n) is 6.66. The van der Waals surface area contributed by atoms with Crippen LogP contribution >= 0.6 is 0 Å². The molecule has 5 nitrogen and oxygen atoms in total. The number of amides is 2. The number of nitrogen functional groups attached to an aromatic ring is 1. The lowest BCUT2D eigenvalue weighted by Crippen LogP contribution is -2.48. The molecular formula is C14H17F2N3O2. The summed E-state index contributed by atoms with van der Waals surface area (Å²) in [6, 6.07) is 1.41. The Morgan fingerprint density at radius 2 is 1.90 bits per heavy atom. The fraction of sp³-hybridized carbons (Fsp3) is 0.429. The molecule has 1 heterocycles. The van der Waals surface area contributed by atoms with Crippen LogP contribution in [0.1, 0.15) is 30.1 Å². The van der Waals surface area contributed by atoms with Crippen LogP contribution in [0.2, 0.25) is 0 Å². The second-order valence-corrected chi connectivity index (χ2v) is 5.34. The lowest BCUT2D eigenvalue weighted by Gasteiger charge is -2.37. The molecule has 4 N–H and O–H groups in total. The van der Waals surface area contributed by atoms with Gasteiger partial charge in [0.2, 0.25) is 5.91 Å². The van der Waals surface area contributed by atoms with Crippen LogP contribution in [0.4, 0.5) is 14.5 Å². The van der Waals surface area contributed by atoms with Gasteiger partial charge in [0.05, 0.1) is 17.2 Å². The van der Waals surface area contributed by atoms with E-state index in [0.717, 1.165) is 6.07 Å². The molecule has 2 rings (SSSR count). The maximum absolute atomic E-state index is 13.8. The third-order valence-electron chi connectivity index (χ3n) is 3.86. The number of nitrogens with zero attached hydrogens (tertiary/aromatic N) is 1. The van der Waals surface area contributed by atoms with Gasteiger partial charge in [-0.3, -0.25) is 9.59 Å². The van der Waals surface area contributed by atoms with E-state index in [1.54, 1.807) is 6.92 Å². The maximum atomic E-state index is 13.8. The molecule has 1 saturated heterocycles. The van der Waals surface area contributed by atoms with Gasteiger partial charge >= 0.3 is 0 Å². The molecule has 7 heteroatoms. The van der Waals surface area contributed by atoms with Gasteiger partial charge in [0.15, 0.2) is 0 Å². The van der Waals surface area contributed by atoms with Crippen molar-refractivity contribution >= 4 is 17.5 Å². The van der Waals surface area contributed by atoms with Gasteiger partial charge in [-0.1, -0.05) is 0 Å². The van der Waals surface area contributed by atoms with Gasteiger partial charge in [-0.15, -0.1) is 0 Å². The first kappa shape index (κ1) is 15.2. The van der Waals surface area contributed by atoms with E-state index in [4.69, 9.17) is 11.5 Å². The molecule has 114 valence electrons. The zero-order chi connectivity index (χ0) is 15.7. The van der Waals surface area contributed by atoms with Gasteiger partial charge in [-0.05, 0) is 25.8 Å². The van der Waals surface area contributed by atoms with Gasteiger partial charge in [-0.25, -0.2) is 8.78 Å². The van der Waals surface area contributed by atoms with E-state index in [-0.39, 0.29) is 23.8 Å². The Kier molecular flexibility index (Phi) is 4.11. The van der Waals surface area contributed by atoms with Crippen LogP contribution in [0.5, 0.6) is 0 Å². The summed E-state index contributed by atoms with van der Waals surface area (Å²) in [4.78, 5) is 25.1. The number of halogens is 2. The average Bonchev–Trinajstić information content (AvgIpc) is 2.42. The summed E-state index contributed by atoms with van der Waals surface area (Å²) in [7, 11) is 0. The third kappa shape index (κ3) is 2.96. The molecule has 0 bridgehead atoms. The lowest BCUT2D eigenvalue weighted by molar-refractivity contribution is -0.123. The number of nitrogens with two attached hydrogens (primary N) is 2. The summed E-state index contributed by atoms with van der Waals surface area (Å²) in [5, 5.41) is 0. The van der Waals surface area contributed by atoms with Crippen LogP contribution in [-0.2, 0) is 4.79 Å². The van der Waals surface area contributed by atoms with Crippen molar-refractivity contribution in [2.24, 2.45) is 11.7 Å². The van der Waals surface area contributed by atoms with Crippen molar-refractivity contribution in [2.45, 2.75) is 25.8 Å². The molecule has 0 saturated carbocycles. The molecule has 0 spiro atoms. The summed E-state index contributed by atoms with van der Waals surface area (Å²) < 4.78 is 26.9. The SMILES string of the molecule is CC1CCC(C(N)=O)CN1C(=O)c1cc(N)c(F)cc1F. The van der Waals surface area contributed by atoms with Gasteiger partial charge in [0, 0.05) is 18.7 Å². The number of piperidine rings is 1. The number of rotatable bonds is 2. The fourth-order valence-corrected chi connectivity index (χ4v) is 2.51. The highest BCUT2D eigenvalue weighted by atomic mass is 19.1. The van der Waals surface area contributed by atoms with Gasteiger partial charge in [0.1, 0.15) is 11.6 Å². The number of hydrogen-bond donors (Lipinski definition) is 2. The summed E-state index contributed by atoms with van der Waals surface area (Å²) >= 11 is 0. The fourth-order valence-electron chi connectivity index (χ4n) is 2.51. The zero-order valence-electron chi connectivity index (χ0n) is 11.6. The van der Waals surface area contributed by atoms with Crippen LogP contribution in [-0.4, -0.2) is 29.3 Å². The molecule has 1 aliphatic rings. The van der Waals surface area contributed by atoms with E-state index < -0.39 is 29.4 Å². The predicted octanol–water partition coefficient (Wildman–Crippen LogP) is 1.27. The molecular weight excluding hydrogens is 280 g/mol. The normalized spacial score (nSPS) is 22.1. The smallest absolute Gasteiger partial charge is 0.257 e. The van der Waals surface area contributed by atoms with Crippen molar-refractivity contribution in [2.75, 3.05) is 12.3 Å². The van der Waals surface area contributed by atoms with Crippen LogP contribution in [0.3, 0.4) is 0 Å². The predicted molar refractivity (Wildman–Crippen MR) is 73.2 cm³/mol. The van der Waals surface area contributed by atoms with Crippen molar-refractivity contribution in [3.63, 3.8) is 0 Å². The summed E-state index contributed by atoms with van der Waals surface area (Å²) in [6.45, 7) is 1.94. The minimum absolute atomic E-state index is 0.131. The molecule has 0 aliphatic carbocycles. The summed E-state index contributed by atoms with van der Waals surface area (Å²) in [5.41, 5.74) is 10.1. The number of carbonyl (C=O) groups is 2. The Balaban J connectivity index is 2.30. The van der Waals surface area contributed by atoms with Crippen molar-refractivity contribution in [1.82, 2.24) is 4.90 Å². The highest BCUT2D eigenvalue weighted by molar-refractivity contribution is 5.96. The minimum atomic E-state index is -0.972. The molecule has 2 atom stereocenters. The minimum Gasteiger partial charge on any atom is -0.396 e. The number of hydrogen-bond acceptors (Lipinski definition) is 3. The molecule has 0 radical (unpaired) electrons. The Morgan fingerprint density at radius 1 is 1.24 bits per heavy atom. The van der Waals surface area contributed by atoms with Crippen molar-refractivity contribution in [3.05, 3.63) is 29.3 Å². The molecule has 2 unspecified atom stereocenters. The second kappa shape index (κ2) is 5.67. The molecule has 1 aliphatic heterocycles. The maximum Gasteiger partial charge on any atom is 0.257 e. The van der Waals surface area contributed by atoms with E-state index in [1.807, 2.05) is 0 Å². The summed E-state index contributed by atoms with van der Waals surface area (Å²) in [6.07, 6.45) is 1.19. The van der Waals surface area contributed by atoms with E-state index >= 15 is 0 Å². The Bertz CT molecular complexity index is 592. The van der Waals surface area contributed by atoms with Crippen molar-refractivity contribution in [3.8, 4) is 0 Å². The molecule has 21 heavy (non-hydrogen) atoms. The van der Waals surface area contributed by atoms with E-state index in [2.05, 4.69) is 0 Å². The number of anilines is 1. The number of likely N-dealkylation sites (tertiary alicyclic amines) is 1. The summed E-state index contributed by atoms with van der Waals surface area (Å²) in [5.74, 6) is -3.44. The standard InChI is InChI=1S/C14H17F2N3O2/c1-7-2-3-8(13(18)20)6-19(7)14(21)9-4-12(17)11(16)5-10(9)15/h4-5,7-8H,2-3,6,17H2,1H3,(H2,18,20). The molecule has 2 amide bonds. The quantitative estimate of drug-likeness (QED) is 0.806. The van der Waals surface area contributed by atoms with E-state index in [0.29, 0.717) is 18.9 Å². The first-order chi connectivity index (χ1) is 9.81. The number of carbonyl (C=O) groups excluding carboxylic acids is 2. The van der Waals surface area contributed by atoms with E-state index in [9.17, 15) is 18.4 Å². The Hall–Kier alpha value is -2.18. The highest BCUT2D eigenvalue weighted by Gasteiger charge is 2.33. The van der Waals surface area contributed by atoms with E-state index in [1.165, 1.54) is 4.90 Å². The second-order valence-electron chi connectivity index (χ2n) is 5.34. The van der Waals surface area contributed by atoms with Crippen LogP contribution in [0.15, 0.2) is 12.1 Å². The van der Waals surface area contributed by atoms with Gasteiger partial charge < -0.3 is 16.4 Å². The van der Waals surface area contributed by atoms with Gasteiger partial charge in [-0.2, -0.15) is 0 Å². The molecule has 0 aromatic heterocycles. The largest absolute Gasteiger partial charge is 0.396 e. The van der Waals surface area contributed by atoms with Crippen molar-refractivity contribution < 1.29 is 18.4 Å². The highest BCUT2D eigenvalue weighted by Crippen LogP contribution is 2.25. The van der Waals surface area contributed by atoms with Gasteiger partial charge in [0.25, 0.3) is 5.91 Å². The topological polar surface area (TPSA) is 89.4 Å². The average molecular weight is 297 g/mol. The van der Waals surface area contributed by atoms with Crippen LogP contribution in [0.25, 0.3) is 0 Å². The van der Waals surface area contributed by atoms with Crippen molar-refractivity contribution in [1.29, 1.82) is 0 Å². The monoisotopic (exact) mass is 297 g/mol. The molecule has 1 aromatic carbocycles. The lowest BCUT2D eigenvalue weighted by atomic mass is 9.92. The number of primary amides is 1. The first-order valence-corrected chi connectivity index (χ1v) is 6.66. The molecule has 1 fully saturated rings. The van der Waals surface area contributed by atoms with Crippen LogP contribution in [0, 0.1) is 17.6 Å². The van der Waals surface area contributed by atoms with Crippen LogP contribution < -0.4 is 11.5 Å². The Labute approximate surface area is 120 Å². The Morgan fingerprint density at radius 3 is 2.52 bits per heavy atom. The third-order valence-corrected chi connectivity index (χ3v) is 3.86. The molecule has 1 aromatic rings. The zero-order valence-corrected chi connectivity index (χ0v) is 11.6. The number of benzene rings is 1.